The summed E-state index contributed by atoms with van der Waals surface area (Å²) in [6.45, 7) is 8.22. The minimum atomic E-state index is 0.188. The van der Waals surface area contributed by atoms with E-state index in [-0.39, 0.29) is 12.1 Å². The maximum Gasteiger partial charge on any atom is 0.231 e. The molecule has 1 aromatic carbocycles. The number of rotatable bonds is 7. The van der Waals surface area contributed by atoms with Gasteiger partial charge < -0.3 is 19.5 Å². The summed E-state index contributed by atoms with van der Waals surface area (Å²) in [5, 5.41) is 3.45. The standard InChI is InChI=1S/C15H23NO3/c1-4-11(3)17-9-13(16-5-2)12-6-7-14-15(8-12)19-10-18-14/h6-8,11,13,16H,4-5,9-10H2,1-3H3. The smallest absolute Gasteiger partial charge is 0.231 e. The molecular weight excluding hydrogens is 242 g/mol. The molecule has 2 atom stereocenters. The van der Waals surface area contributed by atoms with Crippen molar-refractivity contribution in [1.29, 1.82) is 0 Å². The summed E-state index contributed by atoms with van der Waals surface area (Å²) >= 11 is 0. The lowest BCUT2D eigenvalue weighted by molar-refractivity contribution is 0.0476. The van der Waals surface area contributed by atoms with Crippen LogP contribution in [-0.4, -0.2) is 26.0 Å². The summed E-state index contributed by atoms with van der Waals surface area (Å²) in [5.74, 6) is 1.64. The lowest BCUT2D eigenvalue weighted by Gasteiger charge is -2.21. The summed E-state index contributed by atoms with van der Waals surface area (Å²) in [5.41, 5.74) is 1.18. The SMILES string of the molecule is CCNC(COC(C)CC)c1ccc2c(c1)OCO2. The summed E-state index contributed by atoms with van der Waals surface area (Å²) in [4.78, 5) is 0. The van der Waals surface area contributed by atoms with Crippen molar-refractivity contribution in [3.8, 4) is 11.5 Å². The zero-order valence-corrected chi connectivity index (χ0v) is 11.9. The Labute approximate surface area is 115 Å². The molecule has 2 unspecified atom stereocenters. The van der Waals surface area contributed by atoms with Gasteiger partial charge in [-0.25, -0.2) is 0 Å². The molecule has 4 heteroatoms. The van der Waals surface area contributed by atoms with E-state index in [1.54, 1.807) is 0 Å². The molecular formula is C15H23NO3. The van der Waals surface area contributed by atoms with Crippen molar-refractivity contribution in [2.45, 2.75) is 39.3 Å². The minimum absolute atomic E-state index is 0.188. The van der Waals surface area contributed by atoms with Crippen LogP contribution in [0.3, 0.4) is 0 Å². The normalized spacial score (nSPS) is 16.4. The van der Waals surface area contributed by atoms with Gasteiger partial charge in [-0.1, -0.05) is 19.9 Å². The van der Waals surface area contributed by atoms with Gasteiger partial charge in [0.05, 0.1) is 18.8 Å². The summed E-state index contributed by atoms with van der Waals surface area (Å²) in [6, 6.07) is 6.26. The first-order valence-electron chi connectivity index (χ1n) is 6.99. The highest BCUT2D eigenvalue weighted by molar-refractivity contribution is 5.45. The molecule has 0 saturated carbocycles. The molecule has 1 heterocycles. The number of nitrogens with one attached hydrogen (secondary N) is 1. The van der Waals surface area contributed by atoms with E-state index in [1.165, 1.54) is 5.56 Å². The zero-order valence-electron chi connectivity index (χ0n) is 11.9. The average Bonchev–Trinajstić information content (AvgIpc) is 2.90. The van der Waals surface area contributed by atoms with Crippen LogP contribution < -0.4 is 14.8 Å². The molecule has 106 valence electrons. The quantitative estimate of drug-likeness (QED) is 0.823. The molecule has 0 aliphatic carbocycles. The Morgan fingerprint density at radius 1 is 1.26 bits per heavy atom. The second kappa shape index (κ2) is 6.78. The summed E-state index contributed by atoms with van der Waals surface area (Å²) in [7, 11) is 0. The number of hydrogen-bond donors (Lipinski definition) is 1. The van der Waals surface area contributed by atoms with Gasteiger partial charge in [0.2, 0.25) is 6.79 Å². The maximum absolute atomic E-state index is 5.85. The van der Waals surface area contributed by atoms with Crippen molar-refractivity contribution in [1.82, 2.24) is 5.32 Å². The fraction of sp³-hybridized carbons (Fsp3) is 0.600. The molecule has 2 rings (SSSR count). The Kier molecular flexibility index (Phi) is 5.05. The number of ether oxygens (including phenoxy) is 3. The van der Waals surface area contributed by atoms with Crippen molar-refractivity contribution in [3.63, 3.8) is 0 Å². The molecule has 0 spiro atoms. The highest BCUT2D eigenvalue weighted by Gasteiger charge is 2.18. The predicted molar refractivity (Wildman–Crippen MR) is 74.7 cm³/mol. The fourth-order valence-corrected chi connectivity index (χ4v) is 2.03. The predicted octanol–water partition coefficient (Wildman–Crippen LogP) is 2.88. The van der Waals surface area contributed by atoms with E-state index in [1.807, 2.05) is 12.1 Å². The van der Waals surface area contributed by atoms with Gasteiger partial charge in [0, 0.05) is 0 Å². The van der Waals surface area contributed by atoms with Crippen molar-refractivity contribution in [3.05, 3.63) is 23.8 Å². The van der Waals surface area contributed by atoms with Crippen LogP contribution in [0, 0.1) is 0 Å². The van der Waals surface area contributed by atoms with Gasteiger partial charge in [-0.05, 0) is 37.6 Å². The maximum atomic E-state index is 5.85. The third-order valence-electron chi connectivity index (χ3n) is 3.37. The number of likely N-dealkylation sites (N-methyl/N-ethyl adjacent to an activating group) is 1. The summed E-state index contributed by atoms with van der Waals surface area (Å²) < 4.78 is 16.6. The molecule has 0 fully saturated rings. The molecule has 1 aliphatic heterocycles. The first kappa shape index (κ1) is 14.2. The Bertz CT molecular complexity index is 408. The van der Waals surface area contributed by atoms with E-state index in [0.717, 1.165) is 24.5 Å². The zero-order chi connectivity index (χ0) is 13.7. The Balaban J connectivity index is 2.05. The van der Waals surface area contributed by atoms with E-state index >= 15 is 0 Å². The molecule has 4 nitrogen and oxygen atoms in total. The molecule has 1 N–H and O–H groups in total. The monoisotopic (exact) mass is 265 g/mol. The third kappa shape index (κ3) is 3.61. The van der Waals surface area contributed by atoms with Crippen molar-refractivity contribution >= 4 is 0 Å². The molecule has 19 heavy (non-hydrogen) atoms. The highest BCUT2D eigenvalue weighted by Crippen LogP contribution is 2.34. The topological polar surface area (TPSA) is 39.7 Å². The second-order valence-electron chi connectivity index (χ2n) is 4.78. The largest absolute Gasteiger partial charge is 0.454 e. The van der Waals surface area contributed by atoms with E-state index in [2.05, 4.69) is 32.2 Å². The Morgan fingerprint density at radius 2 is 2.05 bits per heavy atom. The van der Waals surface area contributed by atoms with Crippen LogP contribution >= 0.6 is 0 Å². The van der Waals surface area contributed by atoms with Crippen LogP contribution in [0.1, 0.15) is 38.8 Å². The number of hydrogen-bond acceptors (Lipinski definition) is 4. The molecule has 0 radical (unpaired) electrons. The molecule has 1 aliphatic rings. The van der Waals surface area contributed by atoms with Gasteiger partial charge in [-0.15, -0.1) is 0 Å². The molecule has 0 amide bonds. The van der Waals surface area contributed by atoms with Crippen LogP contribution in [-0.2, 0) is 4.74 Å². The van der Waals surface area contributed by atoms with Crippen molar-refractivity contribution in [2.24, 2.45) is 0 Å². The number of fused-ring (bicyclic) bond motifs is 1. The fourth-order valence-electron chi connectivity index (χ4n) is 2.03. The van der Waals surface area contributed by atoms with E-state index in [0.29, 0.717) is 13.4 Å². The van der Waals surface area contributed by atoms with Crippen LogP contribution in [0.2, 0.25) is 0 Å². The summed E-state index contributed by atoms with van der Waals surface area (Å²) in [6.07, 6.45) is 1.31. The average molecular weight is 265 g/mol. The first-order valence-corrected chi connectivity index (χ1v) is 6.99. The lowest BCUT2D eigenvalue weighted by Crippen LogP contribution is -2.27. The van der Waals surface area contributed by atoms with Gasteiger partial charge in [-0.2, -0.15) is 0 Å². The van der Waals surface area contributed by atoms with Gasteiger partial charge in [-0.3, -0.25) is 0 Å². The minimum Gasteiger partial charge on any atom is -0.454 e. The van der Waals surface area contributed by atoms with Gasteiger partial charge in [0.15, 0.2) is 11.5 Å². The van der Waals surface area contributed by atoms with Crippen LogP contribution in [0.4, 0.5) is 0 Å². The molecule has 1 aromatic rings. The van der Waals surface area contributed by atoms with Crippen LogP contribution in [0.15, 0.2) is 18.2 Å². The van der Waals surface area contributed by atoms with E-state index in [4.69, 9.17) is 14.2 Å². The first-order chi connectivity index (χ1) is 9.24. The molecule has 0 bridgehead atoms. The van der Waals surface area contributed by atoms with Crippen LogP contribution in [0.5, 0.6) is 11.5 Å². The van der Waals surface area contributed by atoms with Gasteiger partial charge in [0.25, 0.3) is 0 Å². The highest BCUT2D eigenvalue weighted by atomic mass is 16.7. The molecule has 0 aromatic heterocycles. The van der Waals surface area contributed by atoms with Crippen LogP contribution in [0.25, 0.3) is 0 Å². The van der Waals surface area contributed by atoms with Gasteiger partial charge >= 0.3 is 0 Å². The second-order valence-corrected chi connectivity index (χ2v) is 4.78. The van der Waals surface area contributed by atoms with Crippen molar-refractivity contribution < 1.29 is 14.2 Å². The lowest BCUT2D eigenvalue weighted by atomic mass is 10.1. The number of benzene rings is 1. The van der Waals surface area contributed by atoms with Gasteiger partial charge in [0.1, 0.15) is 0 Å². The molecule has 0 saturated heterocycles. The van der Waals surface area contributed by atoms with Crippen molar-refractivity contribution in [2.75, 3.05) is 19.9 Å². The van der Waals surface area contributed by atoms with E-state index in [9.17, 15) is 0 Å². The Morgan fingerprint density at radius 3 is 2.79 bits per heavy atom. The third-order valence-corrected chi connectivity index (χ3v) is 3.37. The Hall–Kier alpha value is -1.26. The van der Waals surface area contributed by atoms with E-state index < -0.39 is 0 Å².